The molecule has 17 heavy (non-hydrogen) atoms. The second-order valence-electron chi connectivity index (χ2n) is 3.95. The van der Waals surface area contributed by atoms with Crippen molar-refractivity contribution in [3.8, 4) is 0 Å². The molecular weight excluding hydrogens is 218 g/mol. The van der Waals surface area contributed by atoms with Crippen LogP contribution in [-0.2, 0) is 16.0 Å². The van der Waals surface area contributed by atoms with E-state index >= 15 is 0 Å². The van der Waals surface area contributed by atoms with Crippen molar-refractivity contribution < 1.29 is 14.6 Å². The summed E-state index contributed by atoms with van der Waals surface area (Å²) in [6.45, 7) is 4.16. The van der Waals surface area contributed by atoms with Gasteiger partial charge in [0.1, 0.15) is 6.04 Å². The predicted molar refractivity (Wildman–Crippen MR) is 67.5 cm³/mol. The number of anilines is 1. The Hall–Kier alpha value is -1.55. The normalized spacial score (nSPS) is 12.2. The van der Waals surface area contributed by atoms with Gasteiger partial charge in [-0.15, -0.1) is 0 Å². The Morgan fingerprint density at radius 2 is 2.24 bits per heavy atom. The molecule has 4 heteroatoms. The summed E-state index contributed by atoms with van der Waals surface area (Å²) in [5.74, 6) is -0.905. The van der Waals surface area contributed by atoms with Gasteiger partial charge < -0.3 is 15.2 Å². The largest absolute Gasteiger partial charge is 0.480 e. The Morgan fingerprint density at radius 3 is 2.76 bits per heavy atom. The number of aliphatic carboxylic acids is 1. The summed E-state index contributed by atoms with van der Waals surface area (Å²) in [6, 6.07) is 5.23. The van der Waals surface area contributed by atoms with Crippen LogP contribution in [0.5, 0.6) is 0 Å². The summed E-state index contributed by atoms with van der Waals surface area (Å²) in [5.41, 5.74) is 3.07. The first-order valence-corrected chi connectivity index (χ1v) is 5.66. The molecule has 0 aromatic heterocycles. The van der Waals surface area contributed by atoms with Crippen molar-refractivity contribution in [1.29, 1.82) is 0 Å². The smallest absolute Gasteiger partial charge is 0.328 e. The first-order chi connectivity index (χ1) is 8.10. The Kier molecular flexibility index (Phi) is 4.97. The summed E-state index contributed by atoms with van der Waals surface area (Å²) in [4.78, 5) is 11.1. The monoisotopic (exact) mass is 237 g/mol. The van der Waals surface area contributed by atoms with E-state index < -0.39 is 12.0 Å². The molecule has 1 rings (SSSR count). The summed E-state index contributed by atoms with van der Waals surface area (Å²) in [5, 5.41) is 12.1. The third-order valence-corrected chi connectivity index (χ3v) is 2.69. The van der Waals surface area contributed by atoms with Gasteiger partial charge in [-0.2, -0.15) is 0 Å². The third kappa shape index (κ3) is 3.46. The molecule has 0 aliphatic rings. The lowest BCUT2D eigenvalue weighted by Crippen LogP contribution is -2.34. The molecule has 0 amide bonds. The second kappa shape index (κ2) is 6.25. The number of aryl methyl sites for hydroxylation is 2. The molecule has 1 unspecified atom stereocenters. The molecule has 1 aromatic carbocycles. The van der Waals surface area contributed by atoms with Crippen LogP contribution < -0.4 is 5.32 Å². The maximum absolute atomic E-state index is 11.1. The lowest BCUT2D eigenvalue weighted by atomic mass is 10.1. The van der Waals surface area contributed by atoms with E-state index in [1.54, 1.807) is 0 Å². The van der Waals surface area contributed by atoms with Crippen LogP contribution in [0.15, 0.2) is 18.2 Å². The molecule has 0 radical (unpaired) electrons. The van der Waals surface area contributed by atoms with Crippen molar-refractivity contribution in [2.24, 2.45) is 0 Å². The van der Waals surface area contributed by atoms with Crippen LogP contribution in [0.1, 0.15) is 18.1 Å². The number of hydrogen-bond donors (Lipinski definition) is 2. The van der Waals surface area contributed by atoms with E-state index in [1.807, 2.05) is 32.0 Å². The highest BCUT2D eigenvalue weighted by atomic mass is 16.5. The maximum atomic E-state index is 11.1. The van der Waals surface area contributed by atoms with Gasteiger partial charge in [-0.1, -0.05) is 25.1 Å². The first-order valence-electron chi connectivity index (χ1n) is 5.66. The topological polar surface area (TPSA) is 58.6 Å². The van der Waals surface area contributed by atoms with Crippen molar-refractivity contribution in [2.45, 2.75) is 26.3 Å². The van der Waals surface area contributed by atoms with E-state index in [0.29, 0.717) is 0 Å². The quantitative estimate of drug-likeness (QED) is 0.795. The second-order valence-corrected chi connectivity index (χ2v) is 3.95. The maximum Gasteiger partial charge on any atom is 0.328 e. The van der Waals surface area contributed by atoms with Crippen molar-refractivity contribution >= 4 is 11.7 Å². The van der Waals surface area contributed by atoms with Crippen molar-refractivity contribution in [3.05, 3.63) is 29.3 Å². The van der Waals surface area contributed by atoms with E-state index in [1.165, 1.54) is 7.11 Å². The number of hydrogen-bond acceptors (Lipinski definition) is 3. The summed E-state index contributed by atoms with van der Waals surface area (Å²) in [7, 11) is 1.50. The number of rotatable bonds is 6. The Morgan fingerprint density at radius 1 is 1.53 bits per heavy atom. The highest BCUT2D eigenvalue weighted by Gasteiger charge is 2.18. The fraction of sp³-hybridized carbons (Fsp3) is 0.462. The van der Waals surface area contributed by atoms with E-state index in [-0.39, 0.29) is 6.61 Å². The lowest BCUT2D eigenvalue weighted by Gasteiger charge is -2.19. The van der Waals surface area contributed by atoms with Gasteiger partial charge >= 0.3 is 5.97 Å². The number of ether oxygens (including phenoxy) is 1. The number of benzene rings is 1. The standard InChI is InChI=1S/C13H19NO3/c1-4-10-7-5-6-9(2)12(10)14-11(8-17-3)13(15)16/h5-7,11,14H,4,8H2,1-3H3,(H,15,16). The predicted octanol–water partition coefficient (Wildman–Crippen LogP) is 2.07. The third-order valence-electron chi connectivity index (χ3n) is 2.69. The molecule has 94 valence electrons. The molecule has 0 bridgehead atoms. The molecule has 1 atom stereocenters. The van der Waals surface area contributed by atoms with Crippen LogP contribution in [0, 0.1) is 6.92 Å². The highest BCUT2D eigenvalue weighted by molar-refractivity contribution is 5.78. The van der Waals surface area contributed by atoms with E-state index in [4.69, 9.17) is 9.84 Å². The van der Waals surface area contributed by atoms with Gasteiger partial charge in [0.2, 0.25) is 0 Å². The van der Waals surface area contributed by atoms with Crippen molar-refractivity contribution in [2.75, 3.05) is 19.0 Å². The summed E-state index contributed by atoms with van der Waals surface area (Å²) >= 11 is 0. The van der Waals surface area contributed by atoms with Crippen LogP contribution in [0.3, 0.4) is 0 Å². The van der Waals surface area contributed by atoms with Gasteiger partial charge in [0.25, 0.3) is 0 Å². The van der Waals surface area contributed by atoms with E-state index in [2.05, 4.69) is 5.32 Å². The molecule has 0 saturated carbocycles. The zero-order valence-electron chi connectivity index (χ0n) is 10.5. The molecule has 0 fully saturated rings. The molecule has 2 N–H and O–H groups in total. The molecule has 0 aliphatic carbocycles. The average molecular weight is 237 g/mol. The molecule has 4 nitrogen and oxygen atoms in total. The number of nitrogens with one attached hydrogen (secondary N) is 1. The van der Waals surface area contributed by atoms with Gasteiger partial charge in [0.05, 0.1) is 6.61 Å². The van der Waals surface area contributed by atoms with Gasteiger partial charge in [-0.05, 0) is 24.5 Å². The minimum Gasteiger partial charge on any atom is -0.480 e. The van der Waals surface area contributed by atoms with E-state index in [9.17, 15) is 4.79 Å². The van der Waals surface area contributed by atoms with Gasteiger partial charge in [0, 0.05) is 12.8 Å². The lowest BCUT2D eigenvalue weighted by molar-refractivity contribution is -0.139. The number of para-hydroxylation sites is 1. The Bertz CT molecular complexity index is 390. The number of carboxylic acids is 1. The van der Waals surface area contributed by atoms with Crippen LogP contribution in [0.4, 0.5) is 5.69 Å². The molecule has 0 aliphatic heterocycles. The SMILES string of the molecule is CCc1cccc(C)c1NC(COC)C(=O)O. The minimum atomic E-state index is -0.905. The number of carboxylic acid groups (broad SMARTS) is 1. The highest BCUT2D eigenvalue weighted by Crippen LogP contribution is 2.22. The fourth-order valence-electron chi connectivity index (χ4n) is 1.75. The molecule has 1 aromatic rings. The zero-order valence-corrected chi connectivity index (χ0v) is 10.5. The first kappa shape index (κ1) is 13.5. The van der Waals surface area contributed by atoms with Crippen molar-refractivity contribution in [3.63, 3.8) is 0 Å². The van der Waals surface area contributed by atoms with Crippen molar-refractivity contribution in [1.82, 2.24) is 0 Å². The zero-order chi connectivity index (χ0) is 12.8. The Labute approximate surface area is 102 Å². The fourth-order valence-corrected chi connectivity index (χ4v) is 1.75. The van der Waals surface area contributed by atoms with E-state index in [0.717, 1.165) is 23.2 Å². The average Bonchev–Trinajstić information content (AvgIpc) is 2.30. The van der Waals surface area contributed by atoms with Gasteiger partial charge in [-0.25, -0.2) is 4.79 Å². The number of carbonyl (C=O) groups is 1. The Balaban J connectivity index is 2.95. The molecule has 0 heterocycles. The van der Waals surface area contributed by atoms with Crippen LogP contribution in [0.25, 0.3) is 0 Å². The number of methoxy groups -OCH3 is 1. The van der Waals surface area contributed by atoms with Crippen LogP contribution in [0.2, 0.25) is 0 Å². The van der Waals surface area contributed by atoms with Gasteiger partial charge in [0.15, 0.2) is 0 Å². The molecule has 0 saturated heterocycles. The molecule has 0 spiro atoms. The van der Waals surface area contributed by atoms with Gasteiger partial charge in [-0.3, -0.25) is 0 Å². The summed E-state index contributed by atoms with van der Waals surface area (Å²) < 4.78 is 4.91. The summed E-state index contributed by atoms with van der Waals surface area (Å²) in [6.07, 6.45) is 0.864. The molecular formula is C13H19NO3. The minimum absolute atomic E-state index is 0.146. The van der Waals surface area contributed by atoms with Crippen LogP contribution >= 0.6 is 0 Å². The van der Waals surface area contributed by atoms with Crippen LogP contribution in [-0.4, -0.2) is 30.8 Å².